The van der Waals surface area contributed by atoms with Gasteiger partial charge in [-0.3, -0.25) is 14.4 Å². The number of hydrogen-bond donors (Lipinski definition) is 0. The lowest BCUT2D eigenvalue weighted by molar-refractivity contribution is -0.167. The molecule has 64 heavy (non-hydrogen) atoms. The van der Waals surface area contributed by atoms with Gasteiger partial charge in [0.1, 0.15) is 13.2 Å². The molecule has 0 aliphatic rings. The Hall–Kier alpha value is -2.89. The van der Waals surface area contributed by atoms with Gasteiger partial charge in [0.15, 0.2) is 6.10 Å². The van der Waals surface area contributed by atoms with Crippen molar-refractivity contribution in [2.75, 3.05) is 13.2 Å². The molecule has 0 bridgehead atoms. The standard InChI is InChI=1S/C58H102O6/c1-4-7-10-13-16-19-22-24-26-28-29-30-32-33-36-39-42-45-48-51-57(60)63-54-55(53-62-56(59)50-47-44-41-38-35-21-18-15-12-9-6-3)64-58(61)52-49-46-43-40-37-34-31-27-25-23-20-17-14-11-8-5-2/h15-16,18-19,24,26,29-30,33,36,55H,4-14,17,20-23,25,27-28,31-32,34-35,37-54H2,1-3H3/b18-15-,19-16-,26-24-,30-29-,36-33-/t55-/m1/s1. The van der Waals surface area contributed by atoms with Crippen LogP contribution in [0.25, 0.3) is 0 Å². The van der Waals surface area contributed by atoms with E-state index < -0.39 is 6.10 Å². The molecule has 0 amide bonds. The van der Waals surface area contributed by atoms with Crippen LogP contribution in [0.2, 0.25) is 0 Å². The van der Waals surface area contributed by atoms with E-state index in [0.29, 0.717) is 19.3 Å². The summed E-state index contributed by atoms with van der Waals surface area (Å²) in [5.74, 6) is -0.919. The molecule has 6 heteroatoms. The van der Waals surface area contributed by atoms with Gasteiger partial charge in [-0.1, -0.05) is 229 Å². The van der Waals surface area contributed by atoms with E-state index >= 15 is 0 Å². The van der Waals surface area contributed by atoms with Gasteiger partial charge in [-0.15, -0.1) is 0 Å². The van der Waals surface area contributed by atoms with E-state index in [4.69, 9.17) is 14.2 Å². The van der Waals surface area contributed by atoms with Crippen LogP contribution in [-0.4, -0.2) is 37.2 Å². The predicted molar refractivity (Wildman–Crippen MR) is 275 cm³/mol. The number of hydrogen-bond acceptors (Lipinski definition) is 6. The first-order chi connectivity index (χ1) is 31.5. The molecular formula is C58H102O6. The van der Waals surface area contributed by atoms with Gasteiger partial charge >= 0.3 is 17.9 Å². The van der Waals surface area contributed by atoms with Crippen LogP contribution in [-0.2, 0) is 28.6 Å². The smallest absolute Gasteiger partial charge is 0.306 e. The summed E-state index contributed by atoms with van der Waals surface area (Å²) >= 11 is 0. The molecule has 0 spiro atoms. The van der Waals surface area contributed by atoms with Crippen molar-refractivity contribution in [1.29, 1.82) is 0 Å². The number of carbonyl (C=O) groups excluding carboxylic acids is 3. The van der Waals surface area contributed by atoms with E-state index in [2.05, 4.69) is 81.5 Å². The van der Waals surface area contributed by atoms with Crippen molar-refractivity contribution in [3.63, 3.8) is 0 Å². The summed E-state index contributed by atoms with van der Waals surface area (Å²) in [6, 6.07) is 0. The van der Waals surface area contributed by atoms with Gasteiger partial charge in [0.05, 0.1) is 0 Å². The Bertz CT molecular complexity index is 1170. The van der Waals surface area contributed by atoms with Crippen LogP contribution in [0.15, 0.2) is 60.8 Å². The minimum Gasteiger partial charge on any atom is -0.462 e. The molecule has 0 aromatic carbocycles. The maximum Gasteiger partial charge on any atom is 0.306 e. The first kappa shape index (κ1) is 61.1. The van der Waals surface area contributed by atoms with Gasteiger partial charge < -0.3 is 14.2 Å². The molecule has 0 aromatic rings. The minimum atomic E-state index is -0.788. The molecule has 0 unspecified atom stereocenters. The lowest BCUT2D eigenvalue weighted by Gasteiger charge is -2.18. The maximum absolute atomic E-state index is 12.8. The summed E-state index contributed by atoms with van der Waals surface area (Å²) in [6.45, 7) is 6.56. The molecule has 0 saturated carbocycles. The van der Waals surface area contributed by atoms with Gasteiger partial charge in [0.25, 0.3) is 0 Å². The second-order valence-corrected chi connectivity index (χ2v) is 18.1. The zero-order valence-corrected chi connectivity index (χ0v) is 42.3. The first-order valence-corrected chi connectivity index (χ1v) is 27.3. The number of carbonyl (C=O) groups is 3. The fraction of sp³-hybridized carbons (Fsp3) is 0.776. The van der Waals surface area contributed by atoms with Crippen molar-refractivity contribution in [1.82, 2.24) is 0 Å². The van der Waals surface area contributed by atoms with Crippen LogP contribution in [0.4, 0.5) is 0 Å². The van der Waals surface area contributed by atoms with E-state index in [1.165, 1.54) is 141 Å². The average Bonchev–Trinajstić information content (AvgIpc) is 3.29. The largest absolute Gasteiger partial charge is 0.462 e. The van der Waals surface area contributed by atoms with Crippen LogP contribution in [0.5, 0.6) is 0 Å². The van der Waals surface area contributed by atoms with Crippen molar-refractivity contribution < 1.29 is 28.6 Å². The van der Waals surface area contributed by atoms with Gasteiger partial charge in [-0.25, -0.2) is 0 Å². The van der Waals surface area contributed by atoms with Crippen LogP contribution < -0.4 is 0 Å². The molecule has 0 N–H and O–H groups in total. The molecule has 370 valence electrons. The van der Waals surface area contributed by atoms with Gasteiger partial charge in [-0.2, -0.15) is 0 Å². The van der Waals surface area contributed by atoms with Gasteiger partial charge in [0, 0.05) is 19.3 Å². The number of allylic oxidation sites excluding steroid dienone is 10. The Morgan fingerprint density at radius 2 is 0.578 bits per heavy atom. The van der Waals surface area contributed by atoms with Gasteiger partial charge in [0.2, 0.25) is 0 Å². The summed E-state index contributed by atoms with van der Waals surface area (Å²) in [7, 11) is 0. The SMILES string of the molecule is CCCC/C=C\CCCCCCCC(=O)OC[C@H](COC(=O)CCCCC/C=C\C/C=C\C/C=C\C/C=C\CCCCC)OC(=O)CCCCCCCCCCCCCCCCCC. The summed E-state index contributed by atoms with van der Waals surface area (Å²) in [5, 5.41) is 0. The van der Waals surface area contributed by atoms with E-state index in [0.717, 1.165) is 89.9 Å². The Morgan fingerprint density at radius 1 is 0.312 bits per heavy atom. The highest BCUT2D eigenvalue weighted by atomic mass is 16.6. The normalized spacial score (nSPS) is 12.5. The monoisotopic (exact) mass is 895 g/mol. The second-order valence-electron chi connectivity index (χ2n) is 18.1. The highest BCUT2D eigenvalue weighted by Crippen LogP contribution is 2.15. The molecule has 0 radical (unpaired) electrons. The van der Waals surface area contributed by atoms with Crippen LogP contribution in [0.3, 0.4) is 0 Å². The highest BCUT2D eigenvalue weighted by molar-refractivity contribution is 5.71. The Balaban J connectivity index is 4.40. The molecule has 0 fully saturated rings. The fourth-order valence-corrected chi connectivity index (χ4v) is 7.58. The van der Waals surface area contributed by atoms with Crippen LogP contribution in [0.1, 0.15) is 271 Å². The molecule has 0 aromatic heterocycles. The predicted octanol–water partition coefficient (Wildman–Crippen LogP) is 18.0. The summed E-state index contributed by atoms with van der Waals surface area (Å²) in [5.41, 5.74) is 0. The summed E-state index contributed by atoms with van der Waals surface area (Å²) in [6.07, 6.45) is 64.9. The maximum atomic E-state index is 12.8. The Morgan fingerprint density at radius 3 is 0.984 bits per heavy atom. The van der Waals surface area contributed by atoms with Crippen molar-refractivity contribution >= 4 is 17.9 Å². The van der Waals surface area contributed by atoms with E-state index in [1.54, 1.807) is 0 Å². The van der Waals surface area contributed by atoms with Crippen molar-refractivity contribution in [3.05, 3.63) is 60.8 Å². The number of esters is 3. The van der Waals surface area contributed by atoms with Crippen molar-refractivity contribution in [2.24, 2.45) is 0 Å². The zero-order valence-electron chi connectivity index (χ0n) is 42.3. The second kappa shape index (κ2) is 52.7. The third-order valence-corrected chi connectivity index (χ3v) is 11.7. The number of unbranched alkanes of at least 4 members (excludes halogenated alkanes) is 28. The van der Waals surface area contributed by atoms with E-state index in [-0.39, 0.29) is 31.1 Å². The molecule has 1 atom stereocenters. The lowest BCUT2D eigenvalue weighted by atomic mass is 10.0. The van der Waals surface area contributed by atoms with Gasteiger partial charge in [-0.05, 0) is 83.5 Å². The van der Waals surface area contributed by atoms with E-state index in [1.807, 2.05) is 0 Å². The molecule has 0 rings (SSSR count). The van der Waals surface area contributed by atoms with Crippen LogP contribution >= 0.6 is 0 Å². The molecule has 0 saturated heterocycles. The lowest BCUT2D eigenvalue weighted by Crippen LogP contribution is -2.30. The molecule has 0 aliphatic heterocycles. The Kier molecular flexibility index (Phi) is 50.4. The number of rotatable bonds is 49. The summed E-state index contributed by atoms with van der Waals surface area (Å²) in [4.78, 5) is 38.0. The molecule has 6 nitrogen and oxygen atoms in total. The summed E-state index contributed by atoms with van der Waals surface area (Å²) < 4.78 is 16.8. The van der Waals surface area contributed by atoms with Crippen LogP contribution in [0, 0.1) is 0 Å². The average molecular weight is 895 g/mol. The minimum absolute atomic E-state index is 0.0871. The van der Waals surface area contributed by atoms with Crippen molar-refractivity contribution in [3.8, 4) is 0 Å². The third kappa shape index (κ3) is 50.1. The quantitative estimate of drug-likeness (QED) is 0.0262. The first-order valence-electron chi connectivity index (χ1n) is 27.3. The number of ether oxygens (including phenoxy) is 3. The fourth-order valence-electron chi connectivity index (χ4n) is 7.58. The highest BCUT2D eigenvalue weighted by Gasteiger charge is 2.19. The Labute approximate surface area is 396 Å². The topological polar surface area (TPSA) is 78.9 Å². The third-order valence-electron chi connectivity index (χ3n) is 11.7. The molecule has 0 heterocycles. The zero-order chi connectivity index (χ0) is 46.5. The molecule has 0 aliphatic carbocycles. The van der Waals surface area contributed by atoms with E-state index in [9.17, 15) is 14.4 Å². The molecular weight excluding hydrogens is 793 g/mol. The van der Waals surface area contributed by atoms with Crippen molar-refractivity contribution in [2.45, 2.75) is 277 Å².